The number of amides is 2. The topological polar surface area (TPSA) is 41.1 Å². The van der Waals surface area contributed by atoms with Crippen LogP contribution in [0.15, 0.2) is 46.9 Å². The Balaban J connectivity index is 2.08. The molecule has 0 aliphatic rings. The van der Waals surface area contributed by atoms with E-state index in [1.807, 2.05) is 25.1 Å². The summed E-state index contributed by atoms with van der Waals surface area (Å²) in [6.45, 7) is 1.96. The fourth-order valence-corrected chi connectivity index (χ4v) is 2.15. The van der Waals surface area contributed by atoms with Gasteiger partial charge in [0.15, 0.2) is 0 Å². The highest BCUT2D eigenvalue weighted by Gasteiger charge is 2.07. The number of hydrogen-bond donors (Lipinski definition) is 2. The summed E-state index contributed by atoms with van der Waals surface area (Å²) in [4.78, 5) is 11.9. The van der Waals surface area contributed by atoms with Crippen molar-refractivity contribution in [3.05, 3.63) is 57.5 Å². The fourth-order valence-electron chi connectivity index (χ4n) is 1.59. The molecule has 0 aliphatic carbocycles. The van der Waals surface area contributed by atoms with Gasteiger partial charge in [-0.25, -0.2) is 4.79 Å². The van der Waals surface area contributed by atoms with E-state index in [9.17, 15) is 4.79 Å². The largest absolute Gasteiger partial charge is 0.323 e. The second-order valence-corrected chi connectivity index (χ2v) is 5.26. The summed E-state index contributed by atoms with van der Waals surface area (Å²) < 4.78 is 0.872. The molecule has 0 radical (unpaired) electrons. The Hall–Kier alpha value is -1.52. The van der Waals surface area contributed by atoms with Crippen LogP contribution in [-0.4, -0.2) is 6.03 Å². The van der Waals surface area contributed by atoms with Crippen molar-refractivity contribution in [2.24, 2.45) is 0 Å². The lowest BCUT2D eigenvalue weighted by molar-refractivity contribution is 0.262. The van der Waals surface area contributed by atoms with Gasteiger partial charge in [-0.15, -0.1) is 0 Å². The fraction of sp³-hybridized carbons (Fsp3) is 0.0714. The Labute approximate surface area is 125 Å². The summed E-state index contributed by atoms with van der Waals surface area (Å²) in [7, 11) is 0. The van der Waals surface area contributed by atoms with E-state index in [0.717, 1.165) is 15.7 Å². The van der Waals surface area contributed by atoms with Crippen molar-refractivity contribution in [1.29, 1.82) is 0 Å². The molecule has 0 aromatic heterocycles. The van der Waals surface area contributed by atoms with Gasteiger partial charge in [0.25, 0.3) is 0 Å². The molecule has 0 bridgehead atoms. The Morgan fingerprint density at radius 3 is 2.63 bits per heavy atom. The number of carbonyl (C=O) groups is 1. The van der Waals surface area contributed by atoms with Crippen LogP contribution in [0.25, 0.3) is 0 Å². The van der Waals surface area contributed by atoms with Crippen LogP contribution in [0.1, 0.15) is 5.56 Å². The minimum atomic E-state index is -0.312. The van der Waals surface area contributed by atoms with Crippen molar-refractivity contribution in [3.8, 4) is 0 Å². The molecule has 0 aliphatic heterocycles. The Morgan fingerprint density at radius 2 is 1.89 bits per heavy atom. The van der Waals surface area contributed by atoms with E-state index in [1.165, 1.54) is 0 Å². The third-order valence-electron chi connectivity index (χ3n) is 2.52. The SMILES string of the molecule is Cc1cccc(NC(=O)Nc2cccc(Cl)c2)c1Br. The highest BCUT2D eigenvalue weighted by Crippen LogP contribution is 2.25. The number of benzene rings is 2. The van der Waals surface area contributed by atoms with Gasteiger partial charge in [-0.1, -0.05) is 29.8 Å². The molecule has 2 aromatic carbocycles. The van der Waals surface area contributed by atoms with Gasteiger partial charge >= 0.3 is 6.03 Å². The zero-order chi connectivity index (χ0) is 13.8. The minimum Gasteiger partial charge on any atom is -0.308 e. The zero-order valence-corrected chi connectivity index (χ0v) is 12.5. The second kappa shape index (κ2) is 6.08. The predicted molar refractivity (Wildman–Crippen MR) is 83.0 cm³/mol. The molecule has 0 heterocycles. The standard InChI is InChI=1S/C14H12BrClN2O/c1-9-4-2-7-12(13(9)15)18-14(19)17-11-6-3-5-10(16)8-11/h2-8H,1H3,(H2,17,18,19). The maximum Gasteiger partial charge on any atom is 0.323 e. The summed E-state index contributed by atoms with van der Waals surface area (Å²) in [5, 5.41) is 6.08. The van der Waals surface area contributed by atoms with E-state index >= 15 is 0 Å². The number of nitrogens with one attached hydrogen (secondary N) is 2. The maximum atomic E-state index is 11.9. The van der Waals surface area contributed by atoms with Gasteiger partial charge in [-0.05, 0) is 52.7 Å². The quantitative estimate of drug-likeness (QED) is 0.789. The first-order valence-electron chi connectivity index (χ1n) is 5.65. The van der Waals surface area contributed by atoms with E-state index in [4.69, 9.17) is 11.6 Å². The van der Waals surface area contributed by atoms with Crippen LogP contribution in [0, 0.1) is 6.92 Å². The highest BCUT2D eigenvalue weighted by molar-refractivity contribution is 9.10. The first-order valence-corrected chi connectivity index (χ1v) is 6.82. The van der Waals surface area contributed by atoms with Crippen LogP contribution in [0.4, 0.5) is 16.2 Å². The Kier molecular flexibility index (Phi) is 4.45. The third-order valence-corrected chi connectivity index (χ3v) is 3.81. The van der Waals surface area contributed by atoms with E-state index < -0.39 is 0 Å². The maximum absolute atomic E-state index is 11.9. The van der Waals surface area contributed by atoms with Gasteiger partial charge < -0.3 is 10.6 Å². The number of urea groups is 1. The molecule has 0 saturated carbocycles. The molecule has 0 saturated heterocycles. The number of anilines is 2. The smallest absolute Gasteiger partial charge is 0.308 e. The summed E-state index contributed by atoms with van der Waals surface area (Å²) >= 11 is 9.30. The van der Waals surface area contributed by atoms with Crippen LogP contribution in [0.5, 0.6) is 0 Å². The number of aryl methyl sites for hydroxylation is 1. The van der Waals surface area contributed by atoms with E-state index in [-0.39, 0.29) is 6.03 Å². The molecule has 0 spiro atoms. The molecule has 0 unspecified atom stereocenters. The van der Waals surface area contributed by atoms with Crippen molar-refractivity contribution in [1.82, 2.24) is 0 Å². The first kappa shape index (κ1) is 13.9. The van der Waals surface area contributed by atoms with Crippen LogP contribution < -0.4 is 10.6 Å². The molecular weight excluding hydrogens is 328 g/mol. The molecular formula is C14H12BrClN2O. The highest BCUT2D eigenvalue weighted by atomic mass is 79.9. The van der Waals surface area contributed by atoms with Crippen LogP contribution in [0.2, 0.25) is 5.02 Å². The average molecular weight is 340 g/mol. The third kappa shape index (κ3) is 3.72. The number of rotatable bonds is 2. The predicted octanol–water partition coefficient (Wildman–Crippen LogP) is 5.05. The van der Waals surface area contributed by atoms with Gasteiger partial charge in [-0.3, -0.25) is 0 Å². The summed E-state index contributed by atoms with van der Waals surface area (Å²) in [6.07, 6.45) is 0. The second-order valence-electron chi connectivity index (χ2n) is 4.03. The van der Waals surface area contributed by atoms with Gasteiger partial charge in [-0.2, -0.15) is 0 Å². The van der Waals surface area contributed by atoms with Crippen LogP contribution in [-0.2, 0) is 0 Å². The number of halogens is 2. The van der Waals surface area contributed by atoms with Gasteiger partial charge in [0, 0.05) is 15.2 Å². The molecule has 2 aromatic rings. The van der Waals surface area contributed by atoms with E-state index in [1.54, 1.807) is 24.3 Å². The van der Waals surface area contributed by atoms with Crippen molar-refractivity contribution < 1.29 is 4.79 Å². The summed E-state index contributed by atoms with van der Waals surface area (Å²) in [6, 6.07) is 12.4. The normalized spacial score (nSPS) is 10.1. The molecule has 2 rings (SSSR count). The monoisotopic (exact) mass is 338 g/mol. The van der Waals surface area contributed by atoms with E-state index in [2.05, 4.69) is 26.6 Å². The van der Waals surface area contributed by atoms with Gasteiger partial charge in [0.2, 0.25) is 0 Å². The number of carbonyl (C=O) groups excluding carboxylic acids is 1. The van der Waals surface area contributed by atoms with Crippen molar-refractivity contribution >= 4 is 44.9 Å². The Morgan fingerprint density at radius 1 is 1.16 bits per heavy atom. The Bertz CT molecular complexity index is 616. The molecule has 98 valence electrons. The van der Waals surface area contributed by atoms with Crippen molar-refractivity contribution in [2.45, 2.75) is 6.92 Å². The van der Waals surface area contributed by atoms with E-state index in [0.29, 0.717) is 10.7 Å². The summed E-state index contributed by atoms with van der Waals surface area (Å²) in [5.74, 6) is 0. The van der Waals surface area contributed by atoms with Crippen LogP contribution in [0.3, 0.4) is 0 Å². The average Bonchev–Trinajstić information content (AvgIpc) is 2.35. The molecule has 2 amide bonds. The van der Waals surface area contributed by atoms with Crippen molar-refractivity contribution in [2.75, 3.05) is 10.6 Å². The number of hydrogen-bond acceptors (Lipinski definition) is 1. The zero-order valence-electron chi connectivity index (χ0n) is 10.2. The lowest BCUT2D eigenvalue weighted by atomic mass is 10.2. The summed E-state index contributed by atoms with van der Waals surface area (Å²) in [5.41, 5.74) is 2.42. The van der Waals surface area contributed by atoms with Crippen LogP contribution >= 0.6 is 27.5 Å². The minimum absolute atomic E-state index is 0.312. The van der Waals surface area contributed by atoms with Crippen molar-refractivity contribution in [3.63, 3.8) is 0 Å². The molecule has 2 N–H and O–H groups in total. The van der Waals surface area contributed by atoms with Gasteiger partial charge in [0.05, 0.1) is 5.69 Å². The molecule has 3 nitrogen and oxygen atoms in total. The lowest BCUT2D eigenvalue weighted by Crippen LogP contribution is -2.19. The molecule has 5 heteroatoms. The molecule has 0 atom stereocenters. The molecule has 0 fully saturated rings. The first-order chi connectivity index (χ1) is 9.06. The molecule has 19 heavy (non-hydrogen) atoms. The lowest BCUT2D eigenvalue weighted by Gasteiger charge is -2.10. The van der Waals surface area contributed by atoms with Gasteiger partial charge in [0.1, 0.15) is 0 Å².